The predicted molar refractivity (Wildman–Crippen MR) is 61.5 cm³/mol. The second-order valence-electron chi connectivity index (χ2n) is 5.81. The molecule has 2 atom stereocenters. The molecular weight excluding hydrogens is 377 g/mol. The van der Waals surface area contributed by atoms with Crippen LogP contribution >= 0.6 is 0 Å². The fourth-order valence-corrected chi connectivity index (χ4v) is 7.20. The van der Waals surface area contributed by atoms with Gasteiger partial charge < -0.3 is 28.5 Å². The van der Waals surface area contributed by atoms with Gasteiger partial charge in [-0.25, -0.2) is 16.8 Å². The van der Waals surface area contributed by atoms with Crippen molar-refractivity contribution in [1.82, 2.24) is 0 Å². The Balaban J connectivity index is 0.00000144. The Hall–Kier alpha value is 0.590. The minimum Gasteiger partial charge on any atom is -1.00 e. The molecule has 2 saturated heterocycles. The van der Waals surface area contributed by atoms with E-state index >= 15 is 0 Å². The Morgan fingerprint density at radius 3 is 1.71 bits per heavy atom. The quantitative estimate of drug-likeness (QED) is 0.352. The molecule has 0 spiro atoms. The van der Waals surface area contributed by atoms with Gasteiger partial charge in [-0.3, -0.25) is 0 Å². The van der Waals surface area contributed by atoms with Crippen molar-refractivity contribution < 1.29 is 45.3 Å². The van der Waals surface area contributed by atoms with Crippen LogP contribution in [-0.2, 0) is 19.7 Å². The van der Waals surface area contributed by atoms with Crippen molar-refractivity contribution in [3.63, 3.8) is 0 Å². The lowest BCUT2D eigenvalue weighted by Crippen LogP contribution is -3.00. The molecule has 0 amide bonds. The van der Waals surface area contributed by atoms with Crippen molar-refractivity contribution in [1.29, 1.82) is 0 Å². The van der Waals surface area contributed by atoms with E-state index in [1.165, 1.54) is 0 Å². The zero-order valence-corrected chi connectivity index (χ0v) is 13.9. The Morgan fingerprint density at radius 2 is 1.41 bits per heavy atom. The second-order valence-corrected chi connectivity index (χ2v) is 10.2. The standard InChI is InChI=1S/C9H18NO4S2.HI/c1-10(2,3)8-6-16(13,14)9(8)7-4-15(11,12)5-7;/h7-9H,4-6H2,1-3H3;1H/q+1;/p-1. The van der Waals surface area contributed by atoms with Gasteiger partial charge in [0, 0.05) is 5.92 Å². The summed E-state index contributed by atoms with van der Waals surface area (Å²) in [5.41, 5.74) is 0. The number of halogens is 1. The maximum Gasteiger partial charge on any atom is 0.165 e. The van der Waals surface area contributed by atoms with Crippen molar-refractivity contribution in [3.05, 3.63) is 0 Å². The lowest BCUT2D eigenvalue weighted by Gasteiger charge is -2.49. The van der Waals surface area contributed by atoms with Crippen LogP contribution in [0, 0.1) is 5.92 Å². The zero-order valence-electron chi connectivity index (χ0n) is 10.1. The highest BCUT2D eigenvalue weighted by molar-refractivity contribution is 7.94. The van der Waals surface area contributed by atoms with Gasteiger partial charge in [0.05, 0.1) is 32.6 Å². The molecule has 8 heteroatoms. The van der Waals surface area contributed by atoms with E-state index in [-0.39, 0.29) is 53.2 Å². The first-order chi connectivity index (χ1) is 7.03. The average molecular weight is 395 g/mol. The molecule has 0 aliphatic carbocycles. The number of sulfone groups is 2. The molecule has 2 heterocycles. The minimum atomic E-state index is -3.04. The maximum atomic E-state index is 11.7. The van der Waals surface area contributed by atoms with E-state index in [0.717, 1.165) is 0 Å². The third-order valence-corrected chi connectivity index (χ3v) is 7.80. The molecule has 0 saturated carbocycles. The molecule has 0 aromatic rings. The third-order valence-electron chi connectivity index (χ3n) is 3.59. The Morgan fingerprint density at radius 1 is 0.941 bits per heavy atom. The lowest BCUT2D eigenvalue weighted by molar-refractivity contribution is -0.895. The SMILES string of the molecule is C[N+](C)(C)C1CS(=O)(=O)C1C1CS(=O)(=O)C1.[I-]. The molecule has 2 unspecified atom stereocenters. The molecule has 0 aromatic heterocycles. The molecule has 0 aromatic carbocycles. The van der Waals surface area contributed by atoms with Crippen LogP contribution in [0.2, 0.25) is 0 Å². The minimum absolute atomic E-state index is 0. The fraction of sp³-hybridized carbons (Fsp3) is 1.00. The molecular formula is C9H18INO4S2. The molecule has 2 fully saturated rings. The van der Waals surface area contributed by atoms with Gasteiger partial charge in [-0.05, 0) is 0 Å². The number of hydrogen-bond donors (Lipinski definition) is 0. The summed E-state index contributed by atoms with van der Waals surface area (Å²) in [6.45, 7) is 0. The van der Waals surface area contributed by atoms with Gasteiger partial charge in [0.2, 0.25) is 0 Å². The predicted octanol–water partition coefficient (Wildman–Crippen LogP) is -4.09. The van der Waals surface area contributed by atoms with Gasteiger partial charge in [0.15, 0.2) is 19.7 Å². The van der Waals surface area contributed by atoms with E-state index in [0.29, 0.717) is 4.48 Å². The summed E-state index contributed by atoms with van der Waals surface area (Å²) in [5.74, 6) is 0.115. The van der Waals surface area contributed by atoms with Crippen LogP contribution in [0.5, 0.6) is 0 Å². The Bertz CT molecular complexity index is 494. The summed E-state index contributed by atoms with van der Waals surface area (Å²) in [5, 5.41) is -0.448. The summed E-state index contributed by atoms with van der Waals surface area (Å²) in [4.78, 5) is 0. The van der Waals surface area contributed by atoms with Crippen molar-refractivity contribution in [2.24, 2.45) is 5.92 Å². The van der Waals surface area contributed by atoms with Crippen LogP contribution in [0.1, 0.15) is 0 Å². The monoisotopic (exact) mass is 395 g/mol. The Labute approximate surface area is 120 Å². The first-order valence-corrected chi connectivity index (χ1v) is 8.80. The van der Waals surface area contributed by atoms with Gasteiger partial charge in [0.1, 0.15) is 17.0 Å². The molecule has 2 rings (SSSR count). The second kappa shape index (κ2) is 4.31. The third kappa shape index (κ3) is 2.79. The molecule has 0 radical (unpaired) electrons. The average Bonchev–Trinajstić information content (AvgIpc) is 1.95. The van der Waals surface area contributed by atoms with E-state index in [4.69, 9.17) is 0 Å². The van der Waals surface area contributed by atoms with Crippen molar-refractivity contribution >= 4 is 19.7 Å². The van der Waals surface area contributed by atoms with Gasteiger partial charge in [-0.2, -0.15) is 0 Å². The van der Waals surface area contributed by atoms with Crippen molar-refractivity contribution in [2.75, 3.05) is 38.4 Å². The maximum absolute atomic E-state index is 11.7. The molecule has 0 bridgehead atoms. The highest BCUT2D eigenvalue weighted by Gasteiger charge is 2.60. The number of rotatable bonds is 2. The highest BCUT2D eigenvalue weighted by Crippen LogP contribution is 2.38. The summed E-state index contributed by atoms with van der Waals surface area (Å²) in [6, 6.07) is 0.0468. The molecule has 17 heavy (non-hydrogen) atoms. The van der Waals surface area contributed by atoms with Crippen molar-refractivity contribution in [2.45, 2.75) is 11.3 Å². The zero-order chi connectivity index (χ0) is 12.4. The van der Waals surface area contributed by atoms with Crippen LogP contribution in [0.3, 0.4) is 0 Å². The first kappa shape index (κ1) is 15.6. The topological polar surface area (TPSA) is 68.3 Å². The van der Waals surface area contributed by atoms with Gasteiger partial charge >= 0.3 is 0 Å². The lowest BCUT2D eigenvalue weighted by atomic mass is 10.00. The van der Waals surface area contributed by atoms with Crippen LogP contribution in [0.25, 0.3) is 0 Å². The van der Waals surface area contributed by atoms with Crippen LogP contribution in [-0.4, -0.2) is 71.0 Å². The van der Waals surface area contributed by atoms with E-state index in [1.54, 1.807) is 0 Å². The normalized spacial score (nSPS) is 35.2. The number of nitrogens with zero attached hydrogens (tertiary/aromatic N) is 1. The highest BCUT2D eigenvalue weighted by atomic mass is 127. The Kier molecular flexibility index (Phi) is 3.97. The van der Waals surface area contributed by atoms with Gasteiger partial charge in [-0.1, -0.05) is 0 Å². The van der Waals surface area contributed by atoms with E-state index < -0.39 is 24.9 Å². The van der Waals surface area contributed by atoms with E-state index in [9.17, 15) is 16.8 Å². The fourth-order valence-electron chi connectivity index (χ4n) is 2.63. The molecule has 102 valence electrons. The van der Waals surface area contributed by atoms with Crippen LogP contribution < -0.4 is 24.0 Å². The number of quaternary nitrogens is 1. The summed E-state index contributed by atoms with van der Waals surface area (Å²) >= 11 is 0. The van der Waals surface area contributed by atoms with Gasteiger partial charge in [0.25, 0.3) is 0 Å². The number of hydrogen-bond acceptors (Lipinski definition) is 4. The molecule has 2 aliphatic heterocycles. The summed E-state index contributed by atoms with van der Waals surface area (Å²) < 4.78 is 46.2. The summed E-state index contributed by atoms with van der Waals surface area (Å²) in [7, 11) is -0.114. The summed E-state index contributed by atoms with van der Waals surface area (Å²) in [6.07, 6.45) is 0. The van der Waals surface area contributed by atoms with E-state index in [2.05, 4.69) is 0 Å². The molecule has 2 aliphatic rings. The molecule has 0 N–H and O–H groups in total. The van der Waals surface area contributed by atoms with Crippen molar-refractivity contribution in [3.8, 4) is 0 Å². The van der Waals surface area contributed by atoms with E-state index in [1.807, 2.05) is 21.1 Å². The largest absolute Gasteiger partial charge is 1.00 e. The first-order valence-electron chi connectivity index (χ1n) is 5.26. The van der Waals surface area contributed by atoms with Gasteiger partial charge in [-0.15, -0.1) is 0 Å². The smallest absolute Gasteiger partial charge is 0.165 e. The van der Waals surface area contributed by atoms with Crippen LogP contribution in [0.4, 0.5) is 0 Å². The molecule has 5 nitrogen and oxygen atoms in total. The van der Waals surface area contributed by atoms with Crippen LogP contribution in [0.15, 0.2) is 0 Å².